The average molecular weight is 449 g/mol. The van der Waals surface area contributed by atoms with Crippen LogP contribution in [0.15, 0.2) is 53.5 Å². The Kier molecular flexibility index (Phi) is 6.10. The zero-order valence-corrected chi connectivity index (χ0v) is 19.3. The van der Waals surface area contributed by atoms with Crippen molar-refractivity contribution in [1.29, 1.82) is 0 Å². The Morgan fingerprint density at radius 2 is 1.78 bits per heavy atom. The zero-order valence-electron chi connectivity index (χ0n) is 18.5. The summed E-state index contributed by atoms with van der Waals surface area (Å²) in [5.41, 5.74) is 3.37. The molecule has 3 aromatic carbocycles. The van der Waals surface area contributed by atoms with Crippen molar-refractivity contribution in [3.8, 4) is 5.75 Å². The predicted molar refractivity (Wildman–Crippen MR) is 126 cm³/mol. The molecular weight excluding hydrogens is 424 g/mol. The van der Waals surface area contributed by atoms with Crippen LogP contribution in [0, 0.1) is 13.8 Å². The van der Waals surface area contributed by atoms with Gasteiger partial charge in [-0.05, 0) is 60.9 Å². The molecule has 0 saturated carbocycles. The van der Waals surface area contributed by atoms with E-state index in [1.807, 2.05) is 50.2 Å². The molecule has 1 heterocycles. The van der Waals surface area contributed by atoms with Crippen LogP contribution in [-0.2, 0) is 16.1 Å². The van der Waals surface area contributed by atoms with E-state index in [0.717, 1.165) is 32.1 Å². The SMILES string of the molecule is CCOC(=O)Cn1c(=NC(=O)c2cc3ccccc3cc2OC)sc2cc(C)cc(C)c21. The smallest absolute Gasteiger partial charge is 0.326 e. The standard InChI is InChI=1S/C25H24N2O4S/c1-5-31-22(28)14-27-23-16(3)10-15(2)11-21(23)32-25(27)26-24(29)19-12-17-8-6-7-9-18(17)13-20(19)30-4/h6-13H,5,14H2,1-4H3. The number of aryl methyl sites for hydroxylation is 2. The Morgan fingerprint density at radius 3 is 2.47 bits per heavy atom. The molecule has 0 unspecified atom stereocenters. The van der Waals surface area contributed by atoms with Gasteiger partial charge in [0.25, 0.3) is 5.91 Å². The summed E-state index contributed by atoms with van der Waals surface area (Å²) < 4.78 is 13.4. The number of carbonyl (C=O) groups excluding carboxylic acids is 2. The molecule has 0 aliphatic rings. The number of rotatable bonds is 5. The van der Waals surface area contributed by atoms with Crippen molar-refractivity contribution < 1.29 is 19.1 Å². The number of thiazole rings is 1. The lowest BCUT2D eigenvalue weighted by Crippen LogP contribution is -2.23. The summed E-state index contributed by atoms with van der Waals surface area (Å²) in [7, 11) is 1.54. The number of aromatic nitrogens is 1. The summed E-state index contributed by atoms with van der Waals surface area (Å²) in [6.07, 6.45) is 0. The van der Waals surface area contributed by atoms with Crippen molar-refractivity contribution in [1.82, 2.24) is 4.57 Å². The highest BCUT2D eigenvalue weighted by Crippen LogP contribution is 2.27. The Balaban J connectivity index is 1.89. The molecule has 7 heteroatoms. The van der Waals surface area contributed by atoms with Crippen LogP contribution in [0.5, 0.6) is 5.75 Å². The van der Waals surface area contributed by atoms with Gasteiger partial charge in [0.05, 0.1) is 29.5 Å². The molecule has 1 amide bonds. The maximum atomic E-state index is 13.3. The maximum absolute atomic E-state index is 13.3. The number of carbonyl (C=O) groups is 2. The molecule has 32 heavy (non-hydrogen) atoms. The van der Waals surface area contributed by atoms with E-state index in [9.17, 15) is 9.59 Å². The molecule has 0 N–H and O–H groups in total. The minimum absolute atomic E-state index is 0.0152. The third-order valence-corrected chi connectivity index (χ3v) is 6.23. The minimum atomic E-state index is -0.425. The number of esters is 1. The summed E-state index contributed by atoms with van der Waals surface area (Å²) in [5.74, 6) is -0.335. The van der Waals surface area contributed by atoms with Gasteiger partial charge in [-0.2, -0.15) is 4.99 Å². The first-order valence-electron chi connectivity index (χ1n) is 10.3. The summed E-state index contributed by atoms with van der Waals surface area (Å²) >= 11 is 1.38. The van der Waals surface area contributed by atoms with Crippen LogP contribution in [0.2, 0.25) is 0 Å². The van der Waals surface area contributed by atoms with Crippen LogP contribution in [-0.4, -0.2) is 30.2 Å². The van der Waals surface area contributed by atoms with Crippen LogP contribution in [0.1, 0.15) is 28.4 Å². The van der Waals surface area contributed by atoms with Gasteiger partial charge < -0.3 is 14.0 Å². The van der Waals surface area contributed by atoms with E-state index < -0.39 is 5.91 Å². The Labute approximate surface area is 189 Å². The Morgan fingerprint density at radius 1 is 1.06 bits per heavy atom. The first-order valence-corrected chi connectivity index (χ1v) is 11.1. The number of methoxy groups -OCH3 is 1. The molecule has 1 aromatic heterocycles. The molecule has 0 bridgehead atoms. The van der Waals surface area contributed by atoms with E-state index in [-0.39, 0.29) is 12.5 Å². The van der Waals surface area contributed by atoms with Crippen LogP contribution in [0.4, 0.5) is 0 Å². The molecule has 0 saturated heterocycles. The molecule has 0 spiro atoms. The highest BCUT2D eigenvalue weighted by Gasteiger charge is 2.17. The molecule has 0 atom stereocenters. The van der Waals surface area contributed by atoms with Crippen molar-refractivity contribution in [2.75, 3.05) is 13.7 Å². The third-order valence-electron chi connectivity index (χ3n) is 5.20. The van der Waals surface area contributed by atoms with Gasteiger partial charge in [0, 0.05) is 0 Å². The minimum Gasteiger partial charge on any atom is -0.496 e. The van der Waals surface area contributed by atoms with Crippen LogP contribution >= 0.6 is 11.3 Å². The van der Waals surface area contributed by atoms with Gasteiger partial charge in [-0.1, -0.05) is 41.7 Å². The summed E-state index contributed by atoms with van der Waals surface area (Å²) in [6, 6.07) is 15.5. The number of amides is 1. The normalized spacial score (nSPS) is 11.8. The van der Waals surface area contributed by atoms with Gasteiger partial charge in [0.2, 0.25) is 0 Å². The van der Waals surface area contributed by atoms with Gasteiger partial charge in [0.15, 0.2) is 4.80 Å². The average Bonchev–Trinajstić information content (AvgIpc) is 3.09. The summed E-state index contributed by atoms with van der Waals surface area (Å²) in [6.45, 7) is 6.05. The van der Waals surface area contributed by atoms with E-state index >= 15 is 0 Å². The fraction of sp³-hybridized carbons (Fsp3) is 0.240. The fourth-order valence-electron chi connectivity index (χ4n) is 3.86. The van der Waals surface area contributed by atoms with Gasteiger partial charge >= 0.3 is 5.97 Å². The second kappa shape index (κ2) is 8.96. The number of benzene rings is 3. The van der Waals surface area contributed by atoms with E-state index in [1.54, 1.807) is 17.6 Å². The number of fused-ring (bicyclic) bond motifs is 2. The van der Waals surface area contributed by atoms with Crippen molar-refractivity contribution in [3.05, 3.63) is 70.0 Å². The molecule has 0 radical (unpaired) electrons. The molecule has 4 aromatic rings. The molecular formula is C25H24N2O4S. The largest absolute Gasteiger partial charge is 0.496 e. The number of nitrogens with zero attached hydrogens (tertiary/aromatic N) is 2. The monoisotopic (exact) mass is 448 g/mol. The van der Waals surface area contributed by atoms with E-state index in [0.29, 0.717) is 22.7 Å². The van der Waals surface area contributed by atoms with Gasteiger partial charge in [-0.15, -0.1) is 0 Å². The predicted octanol–water partition coefficient (Wildman–Crippen LogP) is 4.79. The van der Waals surface area contributed by atoms with Gasteiger partial charge in [-0.3, -0.25) is 9.59 Å². The van der Waals surface area contributed by atoms with E-state index in [4.69, 9.17) is 9.47 Å². The third kappa shape index (κ3) is 4.16. The van der Waals surface area contributed by atoms with Crippen molar-refractivity contribution in [2.24, 2.45) is 4.99 Å². The van der Waals surface area contributed by atoms with E-state index in [1.165, 1.54) is 18.4 Å². The lowest BCUT2D eigenvalue weighted by Gasteiger charge is -2.09. The maximum Gasteiger partial charge on any atom is 0.326 e. The van der Waals surface area contributed by atoms with Crippen molar-refractivity contribution >= 4 is 44.2 Å². The van der Waals surface area contributed by atoms with Crippen molar-refractivity contribution in [2.45, 2.75) is 27.3 Å². The quantitative estimate of drug-likeness (QED) is 0.412. The van der Waals surface area contributed by atoms with Crippen LogP contribution < -0.4 is 9.54 Å². The first-order chi connectivity index (χ1) is 15.4. The molecule has 4 rings (SSSR count). The first kappa shape index (κ1) is 21.8. The molecule has 164 valence electrons. The Hall–Kier alpha value is -3.45. The molecule has 0 aliphatic heterocycles. The number of ether oxygens (including phenoxy) is 2. The van der Waals surface area contributed by atoms with Gasteiger partial charge in [-0.25, -0.2) is 0 Å². The fourth-order valence-corrected chi connectivity index (χ4v) is 5.07. The lowest BCUT2D eigenvalue weighted by molar-refractivity contribution is -0.143. The second-order valence-corrected chi connectivity index (χ2v) is 8.53. The highest BCUT2D eigenvalue weighted by atomic mass is 32.1. The van der Waals surface area contributed by atoms with Gasteiger partial charge in [0.1, 0.15) is 12.3 Å². The lowest BCUT2D eigenvalue weighted by atomic mass is 10.1. The molecule has 6 nitrogen and oxygen atoms in total. The van der Waals surface area contributed by atoms with Crippen LogP contribution in [0.3, 0.4) is 0 Å². The zero-order chi connectivity index (χ0) is 22.8. The molecule has 0 aliphatic carbocycles. The Bertz CT molecular complexity index is 1410. The summed E-state index contributed by atoms with van der Waals surface area (Å²) in [5, 5.41) is 1.90. The number of hydrogen-bond donors (Lipinski definition) is 0. The number of hydrogen-bond acceptors (Lipinski definition) is 5. The second-order valence-electron chi connectivity index (χ2n) is 7.52. The van der Waals surface area contributed by atoms with E-state index in [2.05, 4.69) is 11.1 Å². The topological polar surface area (TPSA) is 69.9 Å². The summed E-state index contributed by atoms with van der Waals surface area (Å²) in [4.78, 5) is 30.4. The highest BCUT2D eigenvalue weighted by molar-refractivity contribution is 7.16. The van der Waals surface area contributed by atoms with Crippen molar-refractivity contribution in [3.63, 3.8) is 0 Å². The molecule has 0 fully saturated rings. The van der Waals surface area contributed by atoms with Crippen LogP contribution in [0.25, 0.3) is 21.0 Å².